The van der Waals surface area contributed by atoms with Crippen LogP contribution in [0.5, 0.6) is 0 Å². The van der Waals surface area contributed by atoms with E-state index in [9.17, 15) is 35.9 Å². The third kappa shape index (κ3) is 11.7. The van der Waals surface area contributed by atoms with E-state index in [-0.39, 0.29) is 71.0 Å². The van der Waals surface area contributed by atoms with Crippen molar-refractivity contribution in [2.24, 2.45) is 9.98 Å². The van der Waals surface area contributed by atoms with E-state index >= 15 is 0 Å². The summed E-state index contributed by atoms with van der Waals surface area (Å²) < 4.78 is 103. The number of rotatable bonds is 10. The molecule has 12 rings (SSSR count). The summed E-state index contributed by atoms with van der Waals surface area (Å²) in [5, 5.41) is 21.9. The third-order valence-electron chi connectivity index (χ3n) is 13.1. The number of carbonyl (C=O) groups excluding carboxylic acids is 2. The molecule has 2 atom stereocenters. The average molecular weight is 1140 g/mol. The number of ketones is 2. The van der Waals surface area contributed by atoms with Gasteiger partial charge in [0.1, 0.15) is 0 Å². The van der Waals surface area contributed by atoms with E-state index in [1.807, 2.05) is 86.6 Å². The van der Waals surface area contributed by atoms with Gasteiger partial charge in [0, 0.05) is 93.2 Å². The first-order chi connectivity index (χ1) is 38.5. The summed E-state index contributed by atoms with van der Waals surface area (Å²) in [7, 11) is 0. The number of pyridine rings is 2. The molecule has 0 radical (unpaired) electrons. The lowest BCUT2D eigenvalue weighted by atomic mass is 10.0. The van der Waals surface area contributed by atoms with Crippen molar-refractivity contribution in [2.45, 2.75) is 51.4 Å². The Morgan fingerprint density at radius 3 is 1.31 bits per heavy atom. The third-order valence-corrected chi connectivity index (χ3v) is 15.2. The molecule has 0 spiro atoms. The molecule has 2 N–H and O–H groups in total. The first kappa shape index (κ1) is 53.8. The number of aromatic nitrogens is 6. The minimum atomic E-state index is -4.57. The van der Waals surface area contributed by atoms with Crippen LogP contribution in [0.4, 0.5) is 49.7 Å². The molecule has 26 heteroatoms. The number of Topliss-reactive ketones (excluding diaryl/α,β-unsaturated/α-hetero) is 2. The maximum absolute atomic E-state index is 13.5. The van der Waals surface area contributed by atoms with Crippen LogP contribution in [0.1, 0.15) is 52.9 Å². The first-order valence-corrected chi connectivity index (χ1v) is 26.7. The molecule has 0 saturated carbocycles. The van der Waals surface area contributed by atoms with Gasteiger partial charge in [0.25, 0.3) is 11.8 Å². The number of halogens is 6. The number of anilines is 4. The van der Waals surface area contributed by atoms with Gasteiger partial charge < -0.3 is 38.7 Å². The molecule has 2 aromatic carbocycles. The number of nitrogens with zero attached hydrogens (tertiary/aromatic N) is 10. The van der Waals surface area contributed by atoms with Gasteiger partial charge in [-0.25, -0.2) is 9.97 Å². The predicted molar refractivity (Wildman–Crippen MR) is 286 cm³/mol. The van der Waals surface area contributed by atoms with Crippen LogP contribution < -0.4 is 20.4 Å². The van der Waals surface area contributed by atoms with Crippen LogP contribution in [0.2, 0.25) is 0 Å². The normalized spacial score (nSPS) is 17.8. The van der Waals surface area contributed by atoms with Gasteiger partial charge in [-0.15, -0.1) is 32.9 Å². The average Bonchev–Trinajstić information content (AvgIpc) is 4.29. The van der Waals surface area contributed by atoms with E-state index in [0.717, 1.165) is 66.3 Å². The highest BCUT2D eigenvalue weighted by Gasteiger charge is 2.36. The minimum Gasteiger partial charge on any atom is -0.402 e. The van der Waals surface area contributed by atoms with Gasteiger partial charge in [-0.2, -0.15) is 26.3 Å². The second-order valence-electron chi connectivity index (χ2n) is 18.7. The van der Waals surface area contributed by atoms with Gasteiger partial charge in [0.05, 0.1) is 60.4 Å². The topological polar surface area (TPSA) is 211 Å². The fraction of sp³-hybridized carbons (Fsp3) is 0.296. The molecule has 6 aromatic heterocycles. The lowest BCUT2D eigenvalue weighted by Crippen LogP contribution is -2.36. The van der Waals surface area contributed by atoms with Crippen molar-refractivity contribution in [2.75, 3.05) is 73.0 Å². The summed E-state index contributed by atoms with van der Waals surface area (Å²) in [5.74, 6) is -0.535. The van der Waals surface area contributed by atoms with Gasteiger partial charge in [-0.05, 0) is 38.1 Å². The van der Waals surface area contributed by atoms with Gasteiger partial charge >= 0.3 is 24.4 Å². The number of alkyl halides is 6. The number of benzene rings is 2. The smallest absolute Gasteiger partial charge is 0.402 e. The highest BCUT2D eigenvalue weighted by Crippen LogP contribution is 2.39. The van der Waals surface area contributed by atoms with Crippen LogP contribution in [0, 0.1) is 13.8 Å². The molecule has 0 aliphatic carbocycles. The number of fused-ring (bicyclic) bond motifs is 2. The molecule has 4 aliphatic rings. The Kier molecular flexibility index (Phi) is 15.1. The molecule has 0 amide bonds. The number of morpholine rings is 2. The Morgan fingerprint density at radius 1 is 0.550 bits per heavy atom. The first-order valence-electron chi connectivity index (χ1n) is 25.0. The number of aliphatic imine (C=N–C) groups is 2. The second-order valence-corrected chi connectivity index (χ2v) is 21.3. The van der Waals surface area contributed by atoms with Crippen molar-refractivity contribution in [1.82, 2.24) is 30.4 Å². The number of thiophene rings is 2. The van der Waals surface area contributed by atoms with Crippen LogP contribution >= 0.6 is 22.7 Å². The number of aryl methyl sites for hydroxylation is 2. The van der Waals surface area contributed by atoms with E-state index in [0.29, 0.717) is 64.0 Å². The van der Waals surface area contributed by atoms with Crippen molar-refractivity contribution in [1.29, 1.82) is 0 Å². The predicted octanol–water partition coefficient (Wildman–Crippen LogP) is 9.52. The lowest BCUT2D eigenvalue weighted by Gasteiger charge is -2.30. The van der Waals surface area contributed by atoms with Crippen molar-refractivity contribution in [3.63, 3.8) is 0 Å². The Bertz CT molecular complexity index is 3390. The van der Waals surface area contributed by atoms with Gasteiger partial charge in [0.15, 0.2) is 35.3 Å². The molecule has 2 saturated heterocycles. The zero-order valence-corrected chi connectivity index (χ0v) is 44.1. The van der Waals surface area contributed by atoms with Gasteiger partial charge in [-0.1, -0.05) is 70.9 Å². The molecule has 80 heavy (non-hydrogen) atoms. The number of ether oxygens (including phenoxy) is 2. The number of carbonyl (C=O) groups is 2. The summed E-state index contributed by atoms with van der Waals surface area (Å²) in [4.78, 5) is 51.6. The minimum absolute atomic E-state index is 0.0826. The molecule has 10 heterocycles. The Balaban J connectivity index is 0.000000169. The number of hydrogen-bond acceptors (Lipinski definition) is 20. The Labute approximate surface area is 459 Å². The molecule has 18 nitrogen and oxygen atoms in total. The second kappa shape index (κ2) is 22.5. The quantitative estimate of drug-likeness (QED) is 0.122. The molecule has 8 aromatic rings. The highest BCUT2D eigenvalue weighted by atomic mass is 32.1. The molecular formula is C54H46F6N12O6S2. The van der Waals surface area contributed by atoms with E-state index in [1.54, 1.807) is 32.5 Å². The zero-order chi connectivity index (χ0) is 55.7. The largest absolute Gasteiger partial charge is 0.417 e. The van der Waals surface area contributed by atoms with Crippen LogP contribution in [-0.4, -0.2) is 118 Å². The lowest BCUT2D eigenvalue weighted by molar-refractivity contribution is -0.138. The van der Waals surface area contributed by atoms with Crippen molar-refractivity contribution >= 4 is 69.1 Å². The van der Waals surface area contributed by atoms with Crippen LogP contribution in [0.3, 0.4) is 0 Å². The Hall–Kier alpha value is -8.20. The molecule has 4 aliphatic heterocycles. The van der Waals surface area contributed by atoms with Crippen LogP contribution in [-0.2, 0) is 44.3 Å². The maximum atomic E-state index is 13.5. The fourth-order valence-corrected chi connectivity index (χ4v) is 11.4. The standard InChI is InChI=1S/2C27H23F3N6O3S/c2*1-15-11-18-21(40-15)13-20(37)24(32-22(18)16-5-3-2-4-6-16)33-26-35-34-25(39-26)23-19(36-7-9-38-10-8-36)12-17(14-31-23)27(28,29)30/h2*2-6,11-12,14,24H,7-10,13H2,1H3,(H,33,35)/t2*24-/m10/s1. The maximum Gasteiger partial charge on any atom is 0.417 e. The van der Waals surface area contributed by atoms with E-state index in [1.165, 1.54) is 0 Å². The fourth-order valence-electron chi connectivity index (χ4n) is 9.34. The summed E-state index contributed by atoms with van der Waals surface area (Å²) in [6.07, 6.45) is -9.33. The Morgan fingerprint density at radius 2 is 0.938 bits per heavy atom. The van der Waals surface area contributed by atoms with Crippen LogP contribution in [0.25, 0.3) is 23.2 Å². The van der Waals surface area contributed by atoms with Crippen molar-refractivity contribution in [3.8, 4) is 23.2 Å². The molecule has 412 valence electrons. The van der Waals surface area contributed by atoms with Gasteiger partial charge in [-0.3, -0.25) is 19.6 Å². The summed E-state index contributed by atoms with van der Waals surface area (Å²) in [6, 6.07) is 25.0. The summed E-state index contributed by atoms with van der Waals surface area (Å²) >= 11 is 3.10. The van der Waals surface area contributed by atoms with E-state index in [4.69, 9.17) is 28.3 Å². The zero-order valence-electron chi connectivity index (χ0n) is 42.5. The molecule has 0 bridgehead atoms. The van der Waals surface area contributed by atoms with Gasteiger partial charge in [0.2, 0.25) is 0 Å². The van der Waals surface area contributed by atoms with Crippen molar-refractivity contribution in [3.05, 3.63) is 150 Å². The number of hydrogen-bond donors (Lipinski definition) is 2. The van der Waals surface area contributed by atoms with Crippen molar-refractivity contribution < 1.29 is 54.2 Å². The summed E-state index contributed by atoms with van der Waals surface area (Å²) in [5.41, 5.74) is 3.73. The molecule has 2 fully saturated rings. The molecule has 0 unspecified atom stereocenters. The number of nitrogens with one attached hydrogen (secondary N) is 2. The highest BCUT2D eigenvalue weighted by molar-refractivity contribution is 7.12. The van der Waals surface area contributed by atoms with E-state index < -0.39 is 35.8 Å². The molecular weight excluding hydrogens is 1090 g/mol. The summed E-state index contributed by atoms with van der Waals surface area (Å²) in [6.45, 7) is 6.96. The van der Waals surface area contributed by atoms with Crippen LogP contribution in [0.15, 0.2) is 116 Å². The monoisotopic (exact) mass is 1140 g/mol. The van der Waals surface area contributed by atoms with E-state index in [2.05, 4.69) is 41.0 Å². The SMILES string of the molecule is Cc1cc2c(s1)CC(=O)[C@@H](Nc1nnc(-c3ncc(C(F)(F)F)cc3N3CCOCC3)o1)N=C2c1ccccc1.Cc1cc2c(s1)CC(=O)[C@H](Nc1nnc(-c3ncc(C(F)(F)F)cc3N3CCOCC3)o1)N=C2c1ccccc1.